The predicted octanol–water partition coefficient (Wildman–Crippen LogP) is 7.97. The molecule has 7 heteroatoms. The molecule has 2 N–H and O–H groups in total. The van der Waals surface area contributed by atoms with Crippen molar-refractivity contribution in [1.29, 1.82) is 0 Å². The zero-order valence-electron chi connectivity index (χ0n) is 22.0. The number of rotatable bonds is 8. The van der Waals surface area contributed by atoms with Crippen LogP contribution in [-0.2, 0) is 16.6 Å². The first-order chi connectivity index (χ1) is 18.9. The maximum atomic E-state index is 12.7. The highest BCUT2D eigenvalue weighted by molar-refractivity contribution is 7.17. The molecule has 202 valence electrons. The van der Waals surface area contributed by atoms with Gasteiger partial charge in [-0.1, -0.05) is 48.9 Å². The summed E-state index contributed by atoms with van der Waals surface area (Å²) in [5.74, 6) is 0.923. The minimum atomic E-state index is -1.000. The second-order valence-electron chi connectivity index (χ2n) is 11.3. The quantitative estimate of drug-likeness (QED) is 0.228. The summed E-state index contributed by atoms with van der Waals surface area (Å²) in [6, 6.07) is 20.1. The van der Waals surface area contributed by atoms with E-state index in [9.17, 15) is 9.90 Å². The van der Waals surface area contributed by atoms with Crippen molar-refractivity contribution in [2.24, 2.45) is 11.8 Å². The van der Waals surface area contributed by atoms with Gasteiger partial charge in [-0.05, 0) is 103 Å². The van der Waals surface area contributed by atoms with Crippen LogP contribution in [0, 0.1) is 11.8 Å². The van der Waals surface area contributed by atoms with Crippen LogP contribution < -0.4 is 10.1 Å². The molecule has 0 amide bonds. The molecule has 2 aliphatic carbocycles. The minimum absolute atomic E-state index is 0.0164. The molecular formula is C32H33ClN2O3S. The molecule has 0 saturated heterocycles. The van der Waals surface area contributed by atoms with Gasteiger partial charge in [0, 0.05) is 16.9 Å². The average Bonchev–Trinajstić information content (AvgIpc) is 3.52. The number of halogens is 1. The van der Waals surface area contributed by atoms with E-state index in [1.165, 1.54) is 11.1 Å². The molecule has 0 bridgehead atoms. The van der Waals surface area contributed by atoms with Gasteiger partial charge in [-0.25, -0.2) is 4.79 Å². The van der Waals surface area contributed by atoms with Crippen molar-refractivity contribution in [2.75, 3.05) is 11.9 Å². The van der Waals surface area contributed by atoms with Crippen LogP contribution >= 0.6 is 22.9 Å². The fourth-order valence-corrected chi connectivity index (χ4v) is 7.97. The summed E-state index contributed by atoms with van der Waals surface area (Å²) in [6.45, 7) is 2.92. The highest BCUT2D eigenvalue weighted by atomic mass is 35.5. The molecule has 1 fully saturated rings. The SMILES string of the molecule is C[C@@H](COc1ccnc2ccsc12)CC1Cc2ccccc2C12CCC(Nc1cccc(Cl)c1)(C(=O)O)CC2. The number of aliphatic carboxylic acids is 1. The number of carboxylic acids is 1. The van der Waals surface area contributed by atoms with Crippen molar-refractivity contribution >= 4 is 44.8 Å². The van der Waals surface area contributed by atoms with Crippen molar-refractivity contribution < 1.29 is 14.6 Å². The third-order valence-electron chi connectivity index (χ3n) is 8.93. The number of carboxylic acid groups (broad SMARTS) is 1. The van der Waals surface area contributed by atoms with Crippen LogP contribution in [0.2, 0.25) is 5.02 Å². The van der Waals surface area contributed by atoms with Gasteiger partial charge in [0.1, 0.15) is 11.3 Å². The van der Waals surface area contributed by atoms with Gasteiger partial charge in [-0.3, -0.25) is 4.98 Å². The third-order valence-corrected chi connectivity index (χ3v) is 10.1. The second kappa shape index (κ2) is 10.5. The molecular weight excluding hydrogens is 528 g/mol. The van der Waals surface area contributed by atoms with Gasteiger partial charge in [0.2, 0.25) is 0 Å². The van der Waals surface area contributed by atoms with Crippen LogP contribution in [0.5, 0.6) is 5.75 Å². The number of nitrogens with zero attached hydrogens (tertiary/aromatic N) is 1. The van der Waals surface area contributed by atoms with Crippen molar-refractivity contribution in [3.8, 4) is 5.75 Å². The average molecular weight is 561 g/mol. The van der Waals surface area contributed by atoms with Crippen molar-refractivity contribution in [2.45, 2.75) is 56.4 Å². The smallest absolute Gasteiger partial charge is 0.329 e. The maximum Gasteiger partial charge on any atom is 0.329 e. The Hall–Kier alpha value is -3.09. The molecule has 1 spiro atoms. The summed E-state index contributed by atoms with van der Waals surface area (Å²) in [5, 5.41) is 16.4. The molecule has 0 aliphatic heterocycles. The molecule has 2 atom stereocenters. The Morgan fingerprint density at radius 3 is 2.77 bits per heavy atom. The van der Waals surface area contributed by atoms with E-state index in [2.05, 4.69) is 46.9 Å². The summed E-state index contributed by atoms with van der Waals surface area (Å²) in [5.41, 5.74) is 3.55. The first-order valence-electron chi connectivity index (χ1n) is 13.7. The normalized spacial score (nSPS) is 24.9. The summed E-state index contributed by atoms with van der Waals surface area (Å²) in [6.07, 6.45) is 6.69. The monoisotopic (exact) mass is 560 g/mol. The lowest BCUT2D eigenvalue weighted by atomic mass is 9.59. The summed E-state index contributed by atoms with van der Waals surface area (Å²) < 4.78 is 7.41. The number of benzene rings is 2. The third kappa shape index (κ3) is 4.89. The van der Waals surface area contributed by atoms with E-state index in [0.29, 0.717) is 36.3 Å². The number of fused-ring (bicyclic) bond motifs is 3. The molecule has 2 heterocycles. The van der Waals surface area contributed by atoms with Gasteiger partial charge in [0.15, 0.2) is 0 Å². The van der Waals surface area contributed by atoms with Gasteiger partial charge in [-0.15, -0.1) is 11.3 Å². The molecule has 1 saturated carbocycles. The van der Waals surface area contributed by atoms with Crippen molar-refractivity contribution in [1.82, 2.24) is 4.98 Å². The number of anilines is 1. The molecule has 4 aromatic rings. The van der Waals surface area contributed by atoms with E-state index in [0.717, 1.165) is 47.3 Å². The lowest BCUT2D eigenvalue weighted by Gasteiger charge is -2.47. The van der Waals surface area contributed by atoms with E-state index in [-0.39, 0.29) is 5.41 Å². The van der Waals surface area contributed by atoms with Crippen LogP contribution in [-0.4, -0.2) is 28.2 Å². The standard InChI is InChI=1S/C32H33ClN2O3S/c1-21(20-38-28-9-15-34-27-10-16-39-29(27)28)17-23-18-22-5-2-3-8-26(22)31(23)11-13-32(14-12-31,30(36)37)35-25-7-4-6-24(33)19-25/h2-10,15-16,19,21,23,35H,11-14,17-18,20H2,1H3,(H,36,37)/t21-,23?,31?,32?/m1/s1. The van der Waals surface area contributed by atoms with E-state index >= 15 is 0 Å². The minimum Gasteiger partial charge on any atom is -0.492 e. The molecule has 5 nitrogen and oxygen atoms in total. The zero-order valence-corrected chi connectivity index (χ0v) is 23.6. The van der Waals surface area contributed by atoms with Crippen LogP contribution in [0.15, 0.2) is 72.2 Å². The van der Waals surface area contributed by atoms with E-state index in [1.807, 2.05) is 30.5 Å². The summed E-state index contributed by atoms with van der Waals surface area (Å²) >= 11 is 7.86. The lowest BCUT2D eigenvalue weighted by Crippen LogP contribution is -2.53. The van der Waals surface area contributed by atoms with Gasteiger partial charge >= 0.3 is 5.97 Å². The van der Waals surface area contributed by atoms with Gasteiger partial charge in [0.05, 0.1) is 16.8 Å². The fraction of sp³-hybridized carbons (Fsp3) is 0.375. The Labute approximate surface area is 238 Å². The maximum absolute atomic E-state index is 12.7. The molecule has 2 aromatic heterocycles. The second-order valence-corrected chi connectivity index (χ2v) is 12.7. The zero-order chi connectivity index (χ0) is 27.0. The number of hydrogen-bond acceptors (Lipinski definition) is 5. The van der Waals surface area contributed by atoms with E-state index < -0.39 is 11.5 Å². The highest BCUT2D eigenvalue weighted by Gasteiger charge is 2.54. The number of thiophene rings is 1. The van der Waals surface area contributed by atoms with Crippen LogP contribution in [0.25, 0.3) is 10.2 Å². The molecule has 39 heavy (non-hydrogen) atoms. The van der Waals surface area contributed by atoms with Crippen LogP contribution in [0.1, 0.15) is 50.2 Å². The summed E-state index contributed by atoms with van der Waals surface area (Å²) in [7, 11) is 0. The Bertz CT molecular complexity index is 1490. The van der Waals surface area contributed by atoms with Gasteiger partial charge in [0.25, 0.3) is 0 Å². The largest absolute Gasteiger partial charge is 0.492 e. The highest BCUT2D eigenvalue weighted by Crippen LogP contribution is 2.56. The Morgan fingerprint density at radius 2 is 1.97 bits per heavy atom. The molecule has 1 unspecified atom stereocenters. The number of carbonyl (C=O) groups is 1. The first-order valence-corrected chi connectivity index (χ1v) is 14.9. The number of aromatic nitrogens is 1. The van der Waals surface area contributed by atoms with Crippen molar-refractivity contribution in [3.05, 3.63) is 88.4 Å². The fourth-order valence-electron chi connectivity index (χ4n) is 6.96. The van der Waals surface area contributed by atoms with Gasteiger partial charge in [-0.2, -0.15) is 0 Å². The molecule has 2 aromatic carbocycles. The number of nitrogens with one attached hydrogen (secondary N) is 1. The lowest BCUT2D eigenvalue weighted by molar-refractivity contribution is -0.144. The van der Waals surface area contributed by atoms with Gasteiger partial charge < -0.3 is 15.2 Å². The number of pyridine rings is 1. The molecule has 6 rings (SSSR count). The number of hydrogen-bond donors (Lipinski definition) is 2. The first kappa shape index (κ1) is 26.1. The Kier molecular flexibility index (Phi) is 7.02. The van der Waals surface area contributed by atoms with Crippen LogP contribution in [0.4, 0.5) is 5.69 Å². The Morgan fingerprint density at radius 1 is 1.15 bits per heavy atom. The number of ether oxygens (including phenoxy) is 1. The van der Waals surface area contributed by atoms with Crippen molar-refractivity contribution in [3.63, 3.8) is 0 Å². The summed E-state index contributed by atoms with van der Waals surface area (Å²) in [4.78, 5) is 17.1. The Balaban J connectivity index is 1.20. The van der Waals surface area contributed by atoms with Crippen LogP contribution in [0.3, 0.4) is 0 Å². The molecule has 0 radical (unpaired) electrons. The van der Waals surface area contributed by atoms with E-state index in [4.69, 9.17) is 16.3 Å². The van der Waals surface area contributed by atoms with E-state index in [1.54, 1.807) is 23.5 Å². The predicted molar refractivity (Wildman–Crippen MR) is 158 cm³/mol. The molecule has 2 aliphatic rings. The topological polar surface area (TPSA) is 71.5 Å².